The topological polar surface area (TPSA) is 85.2 Å². The van der Waals surface area contributed by atoms with Crippen molar-refractivity contribution in [1.82, 2.24) is 30.0 Å². The Morgan fingerprint density at radius 3 is 2.71 bits per heavy atom. The van der Waals surface area contributed by atoms with Gasteiger partial charge < -0.3 is 15.0 Å². The number of hydrogen-bond acceptors (Lipinski definition) is 6. The number of nitrogens with one attached hydrogen (secondary N) is 1. The van der Waals surface area contributed by atoms with Gasteiger partial charge in [-0.05, 0) is 31.3 Å². The van der Waals surface area contributed by atoms with Crippen LogP contribution in [0.4, 0.5) is 4.39 Å². The van der Waals surface area contributed by atoms with E-state index in [9.17, 15) is 9.18 Å². The summed E-state index contributed by atoms with van der Waals surface area (Å²) in [7, 11) is 1.54. The number of likely N-dealkylation sites (N-methyl/N-ethyl adjacent to an activating group) is 1. The highest BCUT2D eigenvalue weighted by Crippen LogP contribution is 2.21. The van der Waals surface area contributed by atoms with Crippen LogP contribution in [0.25, 0.3) is 17.2 Å². The van der Waals surface area contributed by atoms with Crippen LogP contribution in [0.5, 0.6) is 0 Å². The van der Waals surface area contributed by atoms with E-state index in [1.54, 1.807) is 24.3 Å². The maximum Gasteiger partial charge on any atom is 0.254 e. The lowest BCUT2D eigenvalue weighted by atomic mass is 10.1. The van der Waals surface area contributed by atoms with Crippen LogP contribution in [0.2, 0.25) is 0 Å². The van der Waals surface area contributed by atoms with E-state index in [4.69, 9.17) is 4.74 Å². The Morgan fingerprint density at radius 1 is 1.23 bits per heavy atom. The van der Waals surface area contributed by atoms with E-state index in [2.05, 4.69) is 39.1 Å². The Bertz CT molecular complexity index is 1020. The zero-order chi connectivity index (χ0) is 22.2. The molecule has 0 aliphatic heterocycles. The molecule has 2 heterocycles. The van der Waals surface area contributed by atoms with Gasteiger partial charge in [-0.15, -0.1) is 0 Å². The molecular weight excluding hydrogens is 399 g/mol. The van der Waals surface area contributed by atoms with E-state index in [0.717, 1.165) is 19.6 Å². The fraction of sp³-hybridized carbons (Fsp3) is 0.364. The molecule has 2 aromatic heterocycles. The molecule has 3 aromatic rings. The number of rotatable bonds is 10. The lowest BCUT2D eigenvalue weighted by Crippen LogP contribution is -2.35. The molecule has 164 valence electrons. The van der Waals surface area contributed by atoms with Gasteiger partial charge in [0.2, 0.25) is 0 Å². The molecule has 0 aliphatic carbocycles. The monoisotopic (exact) mass is 426 g/mol. The smallest absolute Gasteiger partial charge is 0.254 e. The van der Waals surface area contributed by atoms with Gasteiger partial charge in [0.1, 0.15) is 5.82 Å². The average Bonchev–Trinajstić information content (AvgIpc) is 3.21. The first kappa shape index (κ1) is 22.5. The number of ether oxygens (including phenoxy) is 1. The quantitative estimate of drug-likeness (QED) is 0.537. The number of carbonyl (C=O) groups excluding carboxylic acids is 1. The molecule has 0 radical (unpaired) electrons. The van der Waals surface area contributed by atoms with E-state index in [-0.39, 0.29) is 24.3 Å². The summed E-state index contributed by atoms with van der Waals surface area (Å²) in [5.74, 6) is -0.385. The van der Waals surface area contributed by atoms with E-state index < -0.39 is 0 Å². The van der Waals surface area contributed by atoms with Crippen LogP contribution >= 0.6 is 0 Å². The van der Waals surface area contributed by atoms with Gasteiger partial charge in [-0.25, -0.2) is 14.4 Å². The molecule has 0 aliphatic rings. The third kappa shape index (κ3) is 5.31. The summed E-state index contributed by atoms with van der Waals surface area (Å²) >= 11 is 0. The van der Waals surface area contributed by atoms with Gasteiger partial charge in [0.05, 0.1) is 29.8 Å². The van der Waals surface area contributed by atoms with E-state index in [1.165, 1.54) is 30.3 Å². The molecule has 1 amide bonds. The van der Waals surface area contributed by atoms with Crippen molar-refractivity contribution in [2.75, 3.05) is 33.3 Å². The summed E-state index contributed by atoms with van der Waals surface area (Å²) in [4.78, 5) is 23.7. The molecule has 0 saturated carbocycles. The zero-order valence-corrected chi connectivity index (χ0v) is 18.0. The van der Waals surface area contributed by atoms with Crippen LogP contribution in [0.1, 0.15) is 29.9 Å². The maximum atomic E-state index is 14.2. The Hall–Kier alpha value is -3.17. The molecule has 31 heavy (non-hydrogen) atoms. The molecule has 0 bridgehead atoms. The van der Waals surface area contributed by atoms with Crippen molar-refractivity contribution in [3.63, 3.8) is 0 Å². The fourth-order valence-electron chi connectivity index (χ4n) is 3.24. The van der Waals surface area contributed by atoms with Crippen LogP contribution in [0.15, 0.2) is 42.7 Å². The molecule has 9 heteroatoms. The molecular formula is C22H27FN6O2. The van der Waals surface area contributed by atoms with Crippen molar-refractivity contribution >= 4 is 5.91 Å². The van der Waals surface area contributed by atoms with Crippen LogP contribution in [-0.4, -0.2) is 63.8 Å². The number of aromatic nitrogens is 4. The second-order valence-electron chi connectivity index (χ2n) is 6.85. The van der Waals surface area contributed by atoms with Crippen molar-refractivity contribution in [1.29, 1.82) is 0 Å². The third-order valence-corrected chi connectivity index (χ3v) is 4.98. The average molecular weight is 426 g/mol. The van der Waals surface area contributed by atoms with Crippen LogP contribution in [0, 0.1) is 5.82 Å². The van der Waals surface area contributed by atoms with Crippen molar-refractivity contribution < 1.29 is 13.9 Å². The first-order chi connectivity index (χ1) is 15.1. The van der Waals surface area contributed by atoms with Gasteiger partial charge in [0.25, 0.3) is 11.9 Å². The minimum absolute atomic E-state index is 0.145. The summed E-state index contributed by atoms with van der Waals surface area (Å²) in [5, 5.41) is 7.23. The van der Waals surface area contributed by atoms with Crippen molar-refractivity contribution in [3.8, 4) is 17.2 Å². The Kier molecular flexibility index (Phi) is 7.80. The van der Waals surface area contributed by atoms with Crippen molar-refractivity contribution in [2.45, 2.75) is 20.5 Å². The van der Waals surface area contributed by atoms with Gasteiger partial charge in [0.15, 0.2) is 0 Å². The zero-order valence-electron chi connectivity index (χ0n) is 18.0. The fourth-order valence-corrected chi connectivity index (χ4v) is 3.24. The Labute approximate surface area is 181 Å². The first-order valence-corrected chi connectivity index (χ1v) is 10.2. The highest BCUT2D eigenvalue weighted by molar-refractivity contribution is 5.95. The normalized spacial score (nSPS) is 11.1. The number of hydrogen-bond donors (Lipinski definition) is 1. The number of methoxy groups -OCH3 is 1. The van der Waals surface area contributed by atoms with E-state index >= 15 is 0 Å². The largest absolute Gasteiger partial charge is 0.378 e. The van der Waals surface area contributed by atoms with Crippen molar-refractivity contribution in [3.05, 3.63) is 59.8 Å². The number of nitrogens with zero attached hydrogens (tertiary/aromatic N) is 5. The predicted molar refractivity (Wildman–Crippen MR) is 115 cm³/mol. The van der Waals surface area contributed by atoms with E-state index in [1.807, 2.05) is 0 Å². The summed E-state index contributed by atoms with van der Waals surface area (Å²) in [5.41, 5.74) is 1.70. The lowest BCUT2D eigenvalue weighted by molar-refractivity contribution is 0.0943. The Morgan fingerprint density at radius 2 is 2.00 bits per heavy atom. The summed E-state index contributed by atoms with van der Waals surface area (Å²) in [6.07, 6.45) is 3.01. The molecule has 8 nitrogen and oxygen atoms in total. The molecule has 0 atom stereocenters. The van der Waals surface area contributed by atoms with Crippen LogP contribution < -0.4 is 5.32 Å². The molecule has 0 fully saturated rings. The molecule has 0 spiro atoms. The highest BCUT2D eigenvalue weighted by Gasteiger charge is 2.20. The number of halogens is 1. The van der Waals surface area contributed by atoms with Gasteiger partial charge in [-0.1, -0.05) is 26.0 Å². The molecule has 1 aromatic carbocycles. The highest BCUT2D eigenvalue weighted by atomic mass is 19.1. The number of carbonyl (C=O) groups is 1. The summed E-state index contributed by atoms with van der Waals surface area (Å²) < 4.78 is 20.9. The first-order valence-electron chi connectivity index (χ1n) is 10.2. The van der Waals surface area contributed by atoms with Crippen LogP contribution in [-0.2, 0) is 11.3 Å². The van der Waals surface area contributed by atoms with Crippen molar-refractivity contribution in [2.24, 2.45) is 0 Å². The Balaban J connectivity index is 1.86. The lowest BCUT2D eigenvalue weighted by Gasteiger charge is -2.18. The predicted octanol–water partition coefficient (Wildman–Crippen LogP) is 2.69. The standard InChI is InChI=1S/C22H27FN6O2/c1-4-28(5-2)13-12-24-21(30)17-14-26-29(20(17)15-31-3)22-25-11-10-19(27-22)16-8-6-7-9-18(16)23/h6-11,14H,4-5,12-13,15H2,1-3H3,(H,24,30). The van der Waals surface area contributed by atoms with Gasteiger partial charge in [-0.2, -0.15) is 9.78 Å². The van der Waals surface area contributed by atoms with Gasteiger partial charge >= 0.3 is 0 Å². The SMILES string of the molecule is CCN(CC)CCNC(=O)c1cnn(-c2nccc(-c3ccccc3F)n2)c1COC. The molecule has 3 rings (SSSR count). The van der Waals surface area contributed by atoms with Crippen LogP contribution in [0.3, 0.4) is 0 Å². The number of benzene rings is 1. The molecule has 0 saturated heterocycles. The minimum atomic E-state index is -0.377. The maximum absolute atomic E-state index is 14.2. The minimum Gasteiger partial charge on any atom is -0.378 e. The van der Waals surface area contributed by atoms with Gasteiger partial charge in [0, 0.05) is 32.0 Å². The number of amides is 1. The second-order valence-corrected chi connectivity index (χ2v) is 6.85. The second kappa shape index (κ2) is 10.7. The van der Waals surface area contributed by atoms with Gasteiger partial charge in [-0.3, -0.25) is 4.79 Å². The molecule has 0 unspecified atom stereocenters. The third-order valence-electron chi connectivity index (χ3n) is 4.98. The summed E-state index contributed by atoms with van der Waals surface area (Å²) in [6, 6.07) is 8.01. The molecule has 1 N–H and O–H groups in total. The summed E-state index contributed by atoms with van der Waals surface area (Å²) in [6.45, 7) is 7.45. The van der Waals surface area contributed by atoms with E-state index in [0.29, 0.717) is 29.1 Å².